The fraction of sp³-hybridized carbons (Fsp3) is 0.462. The van der Waals surface area contributed by atoms with E-state index in [0.29, 0.717) is 6.42 Å². The molecule has 3 rings (SSSR count). The molecule has 1 fully saturated rings. The third-order valence-electron chi connectivity index (χ3n) is 5.84. The number of urea groups is 1. The maximum atomic E-state index is 13.7. The van der Waals surface area contributed by atoms with Gasteiger partial charge in [0, 0.05) is 0 Å². The number of nitrogens with one attached hydrogen (secondary N) is 1. The zero-order valence-corrected chi connectivity index (χ0v) is 25.9. The van der Waals surface area contributed by atoms with Crippen molar-refractivity contribution >= 4 is 44.0 Å². The molecule has 1 atom stereocenters. The first kappa shape index (κ1) is 29.4. The molecule has 2 aromatic carbocycles. The summed E-state index contributed by atoms with van der Waals surface area (Å²) in [5.41, 5.74) is 0.0755. The van der Waals surface area contributed by atoms with Gasteiger partial charge in [0.2, 0.25) is 0 Å². The average Bonchev–Trinajstić information content (AvgIpc) is 3.28. The summed E-state index contributed by atoms with van der Waals surface area (Å²) in [6.45, 7) is 5.41. The Morgan fingerprint density at radius 3 is 2.30 bits per heavy atom. The molecule has 0 aliphatic carbocycles. The Morgan fingerprint density at radius 2 is 1.73 bits per heavy atom. The van der Waals surface area contributed by atoms with Crippen LogP contribution in [0, 0.1) is 5.82 Å². The molecule has 1 aliphatic rings. The number of carbonyl (C=O) groups is 2. The van der Waals surface area contributed by atoms with E-state index < -0.39 is 57.9 Å². The third-order valence-corrected chi connectivity index (χ3v) is 13.5. The Labute approximate surface area is 223 Å². The minimum absolute atomic E-state index is 0.0590. The molecule has 0 spiro atoms. The Kier molecular flexibility index (Phi) is 8.96. The van der Waals surface area contributed by atoms with E-state index in [1.54, 1.807) is 20.8 Å². The van der Waals surface area contributed by atoms with Crippen molar-refractivity contribution in [2.24, 2.45) is 0 Å². The monoisotopic (exact) mass is 641 g/mol. The summed E-state index contributed by atoms with van der Waals surface area (Å²) < 4.78 is 47.9. The first-order valence-electron chi connectivity index (χ1n) is 12.3. The maximum absolute atomic E-state index is 13.7. The number of sulfonamides is 1. The molecule has 1 N–H and O–H groups in total. The van der Waals surface area contributed by atoms with Crippen LogP contribution in [0.1, 0.15) is 32.8 Å². The molecule has 0 aromatic heterocycles. The number of ether oxygens (including phenoxy) is 1. The molecular weight excluding hydrogens is 604 g/mol. The number of esters is 1. The third kappa shape index (κ3) is 7.67. The standard InChI is InChI=1S/C23H27FN3O5S.3CH3.Sn/c1-23(2,3)32-21(28)20(15-17-9-5-4-6-10-17)25-22(29)26-13-8-14-27(26)33(30,31)19-12-7-11-18(24)16-19;;;;/h5-7,9-12,16,20H,8,13-15H2,1-3H3,(H,25,29);3*1H3;/t20-;;;;/m0..../s1. The van der Waals surface area contributed by atoms with Crippen molar-refractivity contribution in [1.82, 2.24) is 14.7 Å². The molecule has 8 nitrogen and oxygen atoms in total. The topological polar surface area (TPSA) is 96.0 Å². The number of amides is 2. The molecule has 2 aromatic rings. The van der Waals surface area contributed by atoms with Crippen LogP contribution in [-0.2, 0) is 26.0 Å². The zero-order valence-electron chi connectivity index (χ0n) is 22.2. The van der Waals surface area contributed by atoms with Crippen LogP contribution in [0.4, 0.5) is 9.18 Å². The molecule has 202 valence electrons. The number of halogens is 1. The molecule has 1 aliphatic heterocycles. The SMILES string of the molecule is CC(C)(C)OC(=O)[C@H](Cc1cc[c]([Sn]([CH3])([CH3])[CH3])cc1)NC(=O)N1CCCN1S(=O)(=O)c1cccc(F)c1. The van der Waals surface area contributed by atoms with Gasteiger partial charge in [-0.1, -0.05) is 6.07 Å². The number of carbonyl (C=O) groups excluding carboxylic acids is 2. The number of rotatable bonds is 7. The molecule has 37 heavy (non-hydrogen) atoms. The zero-order chi connectivity index (χ0) is 27.6. The number of hydrazine groups is 1. The Bertz CT molecular complexity index is 1240. The van der Waals surface area contributed by atoms with E-state index in [9.17, 15) is 22.4 Å². The Balaban J connectivity index is 1.83. The number of nitrogens with zero attached hydrogens (tertiary/aromatic N) is 2. The minimum Gasteiger partial charge on any atom is -0.207 e. The molecular formula is C26H36FN3O5SSn. The van der Waals surface area contributed by atoms with Crippen LogP contribution in [0.25, 0.3) is 0 Å². The van der Waals surface area contributed by atoms with E-state index in [1.165, 1.54) is 15.7 Å². The van der Waals surface area contributed by atoms with E-state index in [-0.39, 0.29) is 24.4 Å². The average molecular weight is 640 g/mol. The summed E-state index contributed by atoms with van der Waals surface area (Å²) in [5, 5.41) is 3.74. The van der Waals surface area contributed by atoms with Gasteiger partial charge < -0.3 is 0 Å². The van der Waals surface area contributed by atoms with Crippen molar-refractivity contribution in [2.45, 2.75) is 65.0 Å². The quantitative estimate of drug-likeness (QED) is 0.369. The molecule has 0 radical (unpaired) electrons. The summed E-state index contributed by atoms with van der Waals surface area (Å²) in [4.78, 5) is 33.0. The summed E-state index contributed by atoms with van der Waals surface area (Å²) in [6.07, 6.45) is 0.588. The second-order valence-electron chi connectivity index (χ2n) is 11.2. The van der Waals surface area contributed by atoms with Crippen molar-refractivity contribution in [3.05, 3.63) is 59.9 Å². The first-order chi connectivity index (χ1) is 17.1. The molecule has 0 saturated carbocycles. The van der Waals surface area contributed by atoms with Gasteiger partial charge in [-0.15, -0.1) is 0 Å². The fourth-order valence-corrected chi connectivity index (χ4v) is 8.83. The van der Waals surface area contributed by atoms with Crippen LogP contribution < -0.4 is 8.90 Å². The van der Waals surface area contributed by atoms with E-state index in [2.05, 4.69) is 32.3 Å². The van der Waals surface area contributed by atoms with Crippen molar-refractivity contribution in [3.63, 3.8) is 0 Å². The van der Waals surface area contributed by atoms with Crippen LogP contribution >= 0.6 is 0 Å². The van der Waals surface area contributed by atoms with Gasteiger partial charge in [0.15, 0.2) is 0 Å². The van der Waals surface area contributed by atoms with Crippen LogP contribution in [0.3, 0.4) is 0 Å². The number of hydrogen-bond donors (Lipinski definition) is 1. The fourth-order valence-electron chi connectivity index (χ4n) is 3.96. The molecule has 1 heterocycles. The normalized spacial score (nSPS) is 15.9. The van der Waals surface area contributed by atoms with Gasteiger partial charge in [-0.05, 0) is 18.2 Å². The van der Waals surface area contributed by atoms with Crippen molar-refractivity contribution in [2.75, 3.05) is 13.1 Å². The molecule has 2 amide bonds. The number of benzene rings is 2. The van der Waals surface area contributed by atoms with E-state index in [4.69, 9.17) is 4.74 Å². The van der Waals surface area contributed by atoms with Gasteiger partial charge in [-0.3, -0.25) is 0 Å². The van der Waals surface area contributed by atoms with Crippen molar-refractivity contribution in [3.8, 4) is 0 Å². The predicted octanol–water partition coefficient (Wildman–Crippen LogP) is 3.64. The summed E-state index contributed by atoms with van der Waals surface area (Å²) >= 11 is -2.26. The molecule has 0 unspecified atom stereocenters. The van der Waals surface area contributed by atoms with Gasteiger partial charge >= 0.3 is 189 Å². The molecule has 11 heteroatoms. The first-order valence-corrected chi connectivity index (χ1v) is 23.7. The molecule has 1 saturated heterocycles. The summed E-state index contributed by atoms with van der Waals surface area (Å²) in [6, 6.07) is 10.9. The van der Waals surface area contributed by atoms with Crippen LogP contribution in [0.15, 0.2) is 53.4 Å². The van der Waals surface area contributed by atoms with Gasteiger partial charge in [-0.25, -0.2) is 4.39 Å². The summed E-state index contributed by atoms with van der Waals surface area (Å²) in [7, 11) is -4.17. The predicted molar refractivity (Wildman–Crippen MR) is 143 cm³/mol. The van der Waals surface area contributed by atoms with Crippen LogP contribution in [0.5, 0.6) is 0 Å². The van der Waals surface area contributed by atoms with Crippen LogP contribution in [0.2, 0.25) is 14.8 Å². The second kappa shape index (κ2) is 11.3. The Hall–Kier alpha value is -2.18. The summed E-state index contributed by atoms with van der Waals surface area (Å²) in [5.74, 6) is -1.30. The van der Waals surface area contributed by atoms with Crippen molar-refractivity contribution < 1.29 is 27.1 Å². The Morgan fingerprint density at radius 1 is 1.08 bits per heavy atom. The van der Waals surface area contributed by atoms with Gasteiger partial charge in [-0.2, -0.15) is 0 Å². The van der Waals surface area contributed by atoms with Gasteiger partial charge in [0.05, 0.1) is 0 Å². The van der Waals surface area contributed by atoms with Crippen molar-refractivity contribution in [1.29, 1.82) is 0 Å². The molecule has 0 bridgehead atoms. The van der Waals surface area contributed by atoms with Gasteiger partial charge in [0.1, 0.15) is 5.82 Å². The van der Waals surface area contributed by atoms with E-state index in [1.807, 2.05) is 12.1 Å². The minimum atomic E-state index is -4.17. The van der Waals surface area contributed by atoms with E-state index in [0.717, 1.165) is 27.1 Å². The number of hydrogen-bond acceptors (Lipinski definition) is 5. The van der Waals surface area contributed by atoms with Gasteiger partial charge in [0.25, 0.3) is 0 Å². The second-order valence-corrected chi connectivity index (χ2v) is 27.5. The smallest absolute Gasteiger partial charge is 0.207 e. The van der Waals surface area contributed by atoms with Crippen LogP contribution in [-0.4, -0.2) is 73.0 Å². The van der Waals surface area contributed by atoms with E-state index >= 15 is 0 Å².